The Morgan fingerprint density at radius 1 is 1.56 bits per heavy atom. The van der Waals surface area contributed by atoms with Gasteiger partial charge in [0.25, 0.3) is 0 Å². The van der Waals surface area contributed by atoms with Crippen LogP contribution in [0.5, 0.6) is 0 Å². The van der Waals surface area contributed by atoms with E-state index in [-0.39, 0.29) is 18.6 Å². The Labute approximate surface area is 102 Å². The highest BCUT2D eigenvalue weighted by molar-refractivity contribution is 8.00. The molecule has 0 spiro atoms. The fourth-order valence-corrected chi connectivity index (χ4v) is 2.74. The van der Waals surface area contributed by atoms with Crippen LogP contribution < -0.4 is 10.6 Å². The molecular formula is C11H22N2O2S. The third kappa shape index (κ3) is 5.18. The van der Waals surface area contributed by atoms with Crippen molar-refractivity contribution in [2.45, 2.75) is 37.5 Å². The predicted molar refractivity (Wildman–Crippen MR) is 67.7 cm³/mol. The van der Waals surface area contributed by atoms with Gasteiger partial charge in [-0.25, -0.2) is 0 Å². The molecule has 1 atom stereocenters. The molecule has 1 fully saturated rings. The standard InChI is InChI=1S/C11H22N2O2S/c1-2-9(7-14)13-11(15)8-16-10-3-5-12-6-4-10/h9-10,12,14H,2-8H2,1H3,(H,13,15). The Morgan fingerprint density at radius 2 is 2.25 bits per heavy atom. The first kappa shape index (κ1) is 13.8. The van der Waals surface area contributed by atoms with E-state index in [2.05, 4.69) is 10.6 Å². The molecule has 1 saturated heterocycles. The fraction of sp³-hybridized carbons (Fsp3) is 0.909. The second-order valence-corrected chi connectivity index (χ2v) is 5.40. The van der Waals surface area contributed by atoms with Crippen LogP contribution in [-0.2, 0) is 4.79 Å². The van der Waals surface area contributed by atoms with Gasteiger partial charge in [0.2, 0.25) is 5.91 Å². The van der Waals surface area contributed by atoms with Gasteiger partial charge in [-0.05, 0) is 32.4 Å². The fourth-order valence-electron chi connectivity index (χ4n) is 1.70. The van der Waals surface area contributed by atoms with Crippen LogP contribution in [-0.4, -0.2) is 47.8 Å². The SMILES string of the molecule is CCC(CO)NC(=O)CSC1CCNCC1. The molecule has 0 radical (unpaired) electrons. The van der Waals surface area contributed by atoms with E-state index >= 15 is 0 Å². The lowest BCUT2D eigenvalue weighted by atomic mass is 10.2. The van der Waals surface area contributed by atoms with Crippen LogP contribution in [0.2, 0.25) is 0 Å². The maximum absolute atomic E-state index is 11.6. The molecule has 4 nitrogen and oxygen atoms in total. The summed E-state index contributed by atoms with van der Waals surface area (Å²) in [6, 6.07) is -0.0823. The van der Waals surface area contributed by atoms with Gasteiger partial charge in [-0.2, -0.15) is 0 Å². The van der Waals surface area contributed by atoms with Gasteiger partial charge in [0.15, 0.2) is 0 Å². The lowest BCUT2D eigenvalue weighted by Crippen LogP contribution is -2.38. The van der Waals surface area contributed by atoms with E-state index in [9.17, 15) is 4.79 Å². The minimum Gasteiger partial charge on any atom is -0.394 e. The molecule has 3 N–H and O–H groups in total. The highest BCUT2D eigenvalue weighted by atomic mass is 32.2. The summed E-state index contributed by atoms with van der Waals surface area (Å²) in [5.41, 5.74) is 0. The topological polar surface area (TPSA) is 61.4 Å². The van der Waals surface area contributed by atoms with Crippen molar-refractivity contribution in [3.8, 4) is 0 Å². The lowest BCUT2D eigenvalue weighted by Gasteiger charge is -2.22. The number of aliphatic hydroxyl groups excluding tert-OH is 1. The smallest absolute Gasteiger partial charge is 0.230 e. The number of thioether (sulfide) groups is 1. The maximum Gasteiger partial charge on any atom is 0.230 e. The molecule has 0 aliphatic carbocycles. The predicted octanol–water partition coefficient (Wildman–Crippen LogP) is 0.359. The van der Waals surface area contributed by atoms with Gasteiger partial charge < -0.3 is 15.7 Å². The molecule has 0 saturated carbocycles. The molecule has 1 rings (SSSR count). The van der Waals surface area contributed by atoms with Crippen molar-refractivity contribution in [3.63, 3.8) is 0 Å². The number of carbonyl (C=O) groups excluding carboxylic acids is 1. The van der Waals surface area contributed by atoms with Crippen molar-refractivity contribution < 1.29 is 9.90 Å². The van der Waals surface area contributed by atoms with Crippen molar-refractivity contribution in [1.29, 1.82) is 0 Å². The van der Waals surface area contributed by atoms with Crippen molar-refractivity contribution in [2.24, 2.45) is 0 Å². The largest absolute Gasteiger partial charge is 0.394 e. The second kappa shape index (κ2) is 7.92. The number of rotatable bonds is 6. The van der Waals surface area contributed by atoms with Gasteiger partial charge >= 0.3 is 0 Å². The number of piperidine rings is 1. The molecule has 0 aromatic heterocycles. The van der Waals surface area contributed by atoms with Gasteiger partial charge in [-0.1, -0.05) is 6.92 Å². The molecular weight excluding hydrogens is 224 g/mol. The zero-order valence-electron chi connectivity index (χ0n) is 9.87. The van der Waals surface area contributed by atoms with Gasteiger partial charge in [0.1, 0.15) is 0 Å². The van der Waals surface area contributed by atoms with Crippen molar-refractivity contribution in [1.82, 2.24) is 10.6 Å². The molecule has 1 heterocycles. The van der Waals surface area contributed by atoms with Gasteiger partial charge in [-0.3, -0.25) is 4.79 Å². The van der Waals surface area contributed by atoms with Crippen LogP contribution in [0, 0.1) is 0 Å². The highest BCUT2D eigenvalue weighted by Gasteiger charge is 2.16. The molecule has 94 valence electrons. The number of hydrogen-bond acceptors (Lipinski definition) is 4. The molecule has 1 amide bonds. The first-order chi connectivity index (χ1) is 7.76. The lowest BCUT2D eigenvalue weighted by molar-refractivity contribution is -0.119. The van der Waals surface area contributed by atoms with Gasteiger partial charge in [0.05, 0.1) is 18.4 Å². The van der Waals surface area contributed by atoms with E-state index in [1.807, 2.05) is 6.92 Å². The quantitative estimate of drug-likeness (QED) is 0.633. The van der Waals surface area contributed by atoms with E-state index in [4.69, 9.17) is 5.11 Å². The first-order valence-electron chi connectivity index (χ1n) is 5.98. The molecule has 16 heavy (non-hydrogen) atoms. The minimum atomic E-state index is -0.0823. The molecule has 5 heteroatoms. The number of amides is 1. The summed E-state index contributed by atoms with van der Waals surface area (Å²) in [5.74, 6) is 0.561. The molecule has 0 aromatic rings. The third-order valence-corrected chi connectivity index (χ3v) is 4.19. The third-order valence-electron chi connectivity index (χ3n) is 2.81. The number of hydrogen-bond donors (Lipinski definition) is 3. The monoisotopic (exact) mass is 246 g/mol. The normalized spacial score (nSPS) is 19.4. The Bertz CT molecular complexity index is 204. The molecule has 1 aliphatic heterocycles. The van der Waals surface area contributed by atoms with Crippen LogP contribution in [0.4, 0.5) is 0 Å². The van der Waals surface area contributed by atoms with Crippen LogP contribution in [0.25, 0.3) is 0 Å². The second-order valence-electron chi connectivity index (χ2n) is 4.12. The minimum absolute atomic E-state index is 0.0280. The van der Waals surface area contributed by atoms with Crippen molar-refractivity contribution in [2.75, 3.05) is 25.4 Å². The number of nitrogens with one attached hydrogen (secondary N) is 2. The van der Waals surface area contributed by atoms with E-state index in [0.29, 0.717) is 11.0 Å². The molecule has 0 bridgehead atoms. The summed E-state index contributed by atoms with van der Waals surface area (Å²) in [6.07, 6.45) is 3.07. The highest BCUT2D eigenvalue weighted by Crippen LogP contribution is 2.19. The number of aliphatic hydroxyl groups is 1. The van der Waals surface area contributed by atoms with Crippen molar-refractivity contribution in [3.05, 3.63) is 0 Å². The van der Waals surface area contributed by atoms with E-state index in [0.717, 1.165) is 32.4 Å². The Hall–Kier alpha value is -0.260. The van der Waals surface area contributed by atoms with Crippen LogP contribution in [0.1, 0.15) is 26.2 Å². The van der Waals surface area contributed by atoms with Gasteiger partial charge in [-0.15, -0.1) is 11.8 Å². The summed E-state index contributed by atoms with van der Waals surface area (Å²) < 4.78 is 0. The zero-order chi connectivity index (χ0) is 11.8. The van der Waals surface area contributed by atoms with Crippen LogP contribution in [0.3, 0.4) is 0 Å². The number of carbonyl (C=O) groups is 1. The summed E-state index contributed by atoms with van der Waals surface area (Å²) in [6.45, 7) is 4.11. The van der Waals surface area contributed by atoms with Gasteiger partial charge in [0, 0.05) is 5.25 Å². The van der Waals surface area contributed by atoms with E-state index in [1.165, 1.54) is 0 Å². The molecule has 1 aliphatic rings. The maximum atomic E-state index is 11.6. The van der Waals surface area contributed by atoms with Crippen molar-refractivity contribution >= 4 is 17.7 Å². The van der Waals surface area contributed by atoms with Crippen LogP contribution in [0.15, 0.2) is 0 Å². The molecule has 0 aromatic carbocycles. The van der Waals surface area contributed by atoms with E-state index < -0.39 is 0 Å². The van der Waals surface area contributed by atoms with Crippen LogP contribution >= 0.6 is 11.8 Å². The summed E-state index contributed by atoms with van der Waals surface area (Å²) in [5, 5.41) is 15.7. The van der Waals surface area contributed by atoms with E-state index in [1.54, 1.807) is 11.8 Å². The Balaban J connectivity index is 2.13. The molecule has 1 unspecified atom stereocenters. The Kier molecular flexibility index (Phi) is 6.84. The summed E-state index contributed by atoms with van der Waals surface area (Å²) >= 11 is 1.73. The Morgan fingerprint density at radius 3 is 2.81 bits per heavy atom. The first-order valence-corrected chi connectivity index (χ1v) is 7.03. The summed E-state index contributed by atoms with van der Waals surface area (Å²) in [7, 11) is 0. The summed E-state index contributed by atoms with van der Waals surface area (Å²) in [4.78, 5) is 11.6. The average Bonchev–Trinajstić information content (AvgIpc) is 2.34. The zero-order valence-corrected chi connectivity index (χ0v) is 10.7. The average molecular weight is 246 g/mol.